The molecule has 0 radical (unpaired) electrons. The first kappa shape index (κ1) is 18.5. The van der Waals surface area contributed by atoms with Crippen LogP contribution in [0.25, 0.3) is 0 Å². The molecular formula is C18H26F3N3O. The summed E-state index contributed by atoms with van der Waals surface area (Å²) < 4.78 is 40.0. The standard InChI is InChI=1S/C18H26F3N3O/c19-18(20,21)16-9-15(12-23-7-3-22-4-8-23)10-17(11-16)24-5-1-14(13-25)2-6-24/h9-11,14,22,25H,1-8,12-13H2. The number of anilines is 1. The van der Waals surface area contributed by atoms with Crippen LogP contribution in [0.5, 0.6) is 0 Å². The van der Waals surface area contributed by atoms with Gasteiger partial charge in [-0.3, -0.25) is 4.90 Å². The van der Waals surface area contributed by atoms with Crippen LogP contribution in [0.3, 0.4) is 0 Å². The van der Waals surface area contributed by atoms with Gasteiger partial charge >= 0.3 is 6.18 Å². The lowest BCUT2D eigenvalue weighted by Crippen LogP contribution is -2.43. The highest BCUT2D eigenvalue weighted by atomic mass is 19.4. The van der Waals surface area contributed by atoms with E-state index in [1.807, 2.05) is 11.0 Å². The Balaban J connectivity index is 1.80. The smallest absolute Gasteiger partial charge is 0.396 e. The van der Waals surface area contributed by atoms with E-state index in [1.54, 1.807) is 0 Å². The van der Waals surface area contributed by atoms with E-state index in [0.29, 0.717) is 25.3 Å². The third-order valence-electron chi connectivity index (χ3n) is 5.16. The van der Waals surface area contributed by atoms with Crippen molar-refractivity contribution in [1.82, 2.24) is 10.2 Å². The first-order valence-corrected chi connectivity index (χ1v) is 8.96. The average Bonchev–Trinajstić information content (AvgIpc) is 2.62. The molecule has 2 heterocycles. The second kappa shape index (κ2) is 7.93. The van der Waals surface area contributed by atoms with Gasteiger partial charge in [-0.25, -0.2) is 0 Å². The van der Waals surface area contributed by atoms with Crippen molar-refractivity contribution in [1.29, 1.82) is 0 Å². The molecule has 0 saturated carbocycles. The summed E-state index contributed by atoms with van der Waals surface area (Å²) >= 11 is 0. The van der Waals surface area contributed by atoms with Crippen LogP contribution < -0.4 is 10.2 Å². The molecule has 4 nitrogen and oxygen atoms in total. The average molecular weight is 357 g/mol. The van der Waals surface area contributed by atoms with Gasteiger partial charge in [0.1, 0.15) is 0 Å². The summed E-state index contributed by atoms with van der Waals surface area (Å²) in [5.41, 5.74) is 0.798. The fourth-order valence-electron chi connectivity index (χ4n) is 3.61. The first-order valence-electron chi connectivity index (χ1n) is 8.96. The molecule has 25 heavy (non-hydrogen) atoms. The number of piperazine rings is 1. The molecule has 0 aromatic heterocycles. The summed E-state index contributed by atoms with van der Waals surface area (Å²) in [4.78, 5) is 4.20. The van der Waals surface area contributed by atoms with E-state index < -0.39 is 11.7 Å². The van der Waals surface area contributed by atoms with E-state index >= 15 is 0 Å². The topological polar surface area (TPSA) is 38.7 Å². The Morgan fingerprint density at radius 2 is 1.72 bits per heavy atom. The number of benzene rings is 1. The normalized spacial score (nSPS) is 20.9. The van der Waals surface area contributed by atoms with Gasteiger partial charge in [0.25, 0.3) is 0 Å². The molecule has 1 aromatic rings. The quantitative estimate of drug-likeness (QED) is 0.868. The van der Waals surface area contributed by atoms with Gasteiger partial charge in [0.05, 0.1) is 5.56 Å². The van der Waals surface area contributed by atoms with Gasteiger partial charge in [-0.05, 0) is 42.5 Å². The van der Waals surface area contributed by atoms with Gasteiger partial charge in [0, 0.05) is 58.1 Å². The van der Waals surface area contributed by atoms with Crippen molar-refractivity contribution >= 4 is 5.69 Å². The van der Waals surface area contributed by atoms with Crippen LogP contribution in [0, 0.1) is 5.92 Å². The number of aliphatic hydroxyl groups is 1. The van der Waals surface area contributed by atoms with Gasteiger partial charge < -0.3 is 15.3 Å². The number of aliphatic hydroxyl groups excluding tert-OH is 1. The van der Waals surface area contributed by atoms with Crippen molar-refractivity contribution in [3.8, 4) is 0 Å². The van der Waals surface area contributed by atoms with Crippen molar-refractivity contribution in [2.45, 2.75) is 25.6 Å². The summed E-state index contributed by atoms with van der Waals surface area (Å²) in [6.45, 7) is 5.55. The summed E-state index contributed by atoms with van der Waals surface area (Å²) in [5, 5.41) is 12.5. The number of alkyl halides is 3. The lowest BCUT2D eigenvalue weighted by Gasteiger charge is -2.34. The van der Waals surface area contributed by atoms with Crippen molar-refractivity contribution in [2.75, 3.05) is 50.8 Å². The first-order chi connectivity index (χ1) is 12.0. The highest BCUT2D eigenvalue weighted by molar-refractivity contribution is 5.52. The zero-order chi connectivity index (χ0) is 17.9. The van der Waals surface area contributed by atoms with Crippen molar-refractivity contribution < 1.29 is 18.3 Å². The third-order valence-corrected chi connectivity index (χ3v) is 5.16. The third kappa shape index (κ3) is 4.86. The van der Waals surface area contributed by atoms with Crippen LogP contribution in [-0.4, -0.2) is 55.9 Å². The van der Waals surface area contributed by atoms with Gasteiger partial charge in [-0.1, -0.05) is 0 Å². The van der Waals surface area contributed by atoms with Crippen LogP contribution >= 0.6 is 0 Å². The number of nitrogens with one attached hydrogen (secondary N) is 1. The number of nitrogens with zero attached hydrogens (tertiary/aromatic N) is 2. The minimum Gasteiger partial charge on any atom is -0.396 e. The maximum Gasteiger partial charge on any atom is 0.416 e. The Hall–Kier alpha value is -1.31. The van der Waals surface area contributed by atoms with E-state index in [9.17, 15) is 18.3 Å². The molecule has 3 rings (SSSR count). The minimum atomic E-state index is -4.34. The molecule has 0 bridgehead atoms. The van der Waals surface area contributed by atoms with Gasteiger partial charge in [0.15, 0.2) is 0 Å². The van der Waals surface area contributed by atoms with E-state index in [4.69, 9.17) is 0 Å². The zero-order valence-electron chi connectivity index (χ0n) is 14.4. The summed E-state index contributed by atoms with van der Waals surface area (Å²) in [6, 6.07) is 4.45. The lowest BCUT2D eigenvalue weighted by molar-refractivity contribution is -0.137. The maximum atomic E-state index is 13.3. The van der Waals surface area contributed by atoms with Gasteiger partial charge in [-0.2, -0.15) is 13.2 Å². The SMILES string of the molecule is OCC1CCN(c2cc(CN3CCNCC3)cc(C(F)(F)F)c2)CC1. The number of rotatable bonds is 4. The predicted octanol–water partition coefficient (Wildman–Crippen LogP) is 2.32. The molecule has 2 aliphatic rings. The van der Waals surface area contributed by atoms with E-state index in [2.05, 4.69) is 10.2 Å². The number of hydrogen-bond donors (Lipinski definition) is 2. The van der Waals surface area contributed by atoms with Crippen LogP contribution in [0.2, 0.25) is 0 Å². The molecule has 0 amide bonds. The molecule has 2 aliphatic heterocycles. The Morgan fingerprint density at radius 1 is 1.04 bits per heavy atom. The monoisotopic (exact) mass is 357 g/mol. The number of piperidine rings is 1. The molecular weight excluding hydrogens is 331 g/mol. The minimum absolute atomic E-state index is 0.157. The molecule has 0 unspecified atom stereocenters. The van der Waals surface area contributed by atoms with Crippen LogP contribution in [0.15, 0.2) is 18.2 Å². The van der Waals surface area contributed by atoms with Crippen molar-refractivity contribution in [3.63, 3.8) is 0 Å². The van der Waals surface area contributed by atoms with Crippen LogP contribution in [0.1, 0.15) is 24.0 Å². The second-order valence-corrected chi connectivity index (χ2v) is 7.03. The summed E-state index contributed by atoms with van der Waals surface area (Å²) in [7, 11) is 0. The van der Waals surface area contributed by atoms with Crippen LogP contribution in [-0.2, 0) is 12.7 Å². The predicted molar refractivity (Wildman–Crippen MR) is 91.6 cm³/mol. The van der Waals surface area contributed by atoms with Crippen molar-refractivity contribution in [3.05, 3.63) is 29.3 Å². The Bertz CT molecular complexity index is 565. The maximum absolute atomic E-state index is 13.3. The Kier molecular flexibility index (Phi) is 5.86. The molecule has 2 N–H and O–H groups in total. The highest BCUT2D eigenvalue weighted by Gasteiger charge is 2.32. The molecule has 1 aromatic carbocycles. The largest absolute Gasteiger partial charge is 0.416 e. The molecule has 140 valence electrons. The van der Waals surface area contributed by atoms with Gasteiger partial charge in [0.2, 0.25) is 0 Å². The number of hydrogen-bond acceptors (Lipinski definition) is 4. The molecule has 0 aliphatic carbocycles. The van der Waals surface area contributed by atoms with E-state index in [-0.39, 0.29) is 12.5 Å². The number of halogens is 3. The molecule has 2 saturated heterocycles. The summed E-state index contributed by atoms with van der Waals surface area (Å²) in [5.74, 6) is 0.266. The Morgan fingerprint density at radius 3 is 2.32 bits per heavy atom. The van der Waals surface area contributed by atoms with Crippen LogP contribution in [0.4, 0.5) is 18.9 Å². The van der Waals surface area contributed by atoms with Crippen molar-refractivity contribution in [2.24, 2.45) is 5.92 Å². The fourth-order valence-corrected chi connectivity index (χ4v) is 3.61. The molecule has 0 atom stereocenters. The van der Waals surface area contributed by atoms with Gasteiger partial charge in [-0.15, -0.1) is 0 Å². The summed E-state index contributed by atoms with van der Waals surface area (Å²) in [6.07, 6.45) is -2.70. The lowest BCUT2D eigenvalue weighted by atomic mass is 9.97. The molecule has 7 heteroatoms. The highest BCUT2D eigenvalue weighted by Crippen LogP contribution is 2.34. The van der Waals surface area contributed by atoms with E-state index in [0.717, 1.165) is 44.6 Å². The molecule has 2 fully saturated rings. The Labute approximate surface area is 146 Å². The zero-order valence-corrected chi connectivity index (χ0v) is 14.4. The second-order valence-electron chi connectivity index (χ2n) is 7.03. The van der Waals surface area contributed by atoms with E-state index in [1.165, 1.54) is 12.1 Å². The molecule has 0 spiro atoms. The fraction of sp³-hybridized carbons (Fsp3) is 0.667.